The topological polar surface area (TPSA) is 23.8 Å². The van der Waals surface area contributed by atoms with Crippen molar-refractivity contribution in [2.75, 3.05) is 0 Å². The van der Waals surface area contributed by atoms with Crippen molar-refractivity contribution in [3.63, 3.8) is 0 Å². The van der Waals surface area contributed by atoms with Gasteiger partial charge in [0.2, 0.25) is 0 Å². The highest BCUT2D eigenvalue weighted by atomic mass is 79.9. The van der Waals surface area contributed by atoms with Crippen molar-refractivity contribution in [3.05, 3.63) is 44.7 Å². The molecule has 2 aromatic rings. The van der Waals surface area contributed by atoms with Crippen LogP contribution in [-0.4, -0.2) is 0 Å². The van der Waals surface area contributed by atoms with Crippen LogP contribution in [0.5, 0.6) is 0 Å². The van der Waals surface area contributed by atoms with Crippen molar-refractivity contribution in [1.82, 2.24) is 0 Å². The number of benzene rings is 1. The Morgan fingerprint density at radius 2 is 2.07 bits per heavy atom. The van der Waals surface area contributed by atoms with Crippen molar-refractivity contribution >= 4 is 38.9 Å². The van der Waals surface area contributed by atoms with E-state index < -0.39 is 0 Å². The van der Waals surface area contributed by atoms with Crippen LogP contribution >= 0.6 is 38.9 Å². The van der Waals surface area contributed by atoms with Gasteiger partial charge in [-0.2, -0.15) is 5.26 Å². The maximum Gasteiger partial charge on any atom is 0.119 e. The summed E-state index contributed by atoms with van der Waals surface area (Å²) < 4.78 is 0.824. The fourth-order valence-corrected chi connectivity index (χ4v) is 3.13. The predicted molar refractivity (Wildman–Crippen MR) is 67.2 cm³/mol. The first-order chi connectivity index (χ1) is 7.22. The molecule has 0 amide bonds. The van der Waals surface area contributed by atoms with Gasteiger partial charge in [0, 0.05) is 19.9 Å². The van der Waals surface area contributed by atoms with Gasteiger partial charge >= 0.3 is 0 Å². The van der Waals surface area contributed by atoms with Crippen molar-refractivity contribution in [2.45, 2.75) is 0 Å². The molecule has 0 spiro atoms. The van der Waals surface area contributed by atoms with Crippen LogP contribution in [0.1, 0.15) is 4.88 Å². The van der Waals surface area contributed by atoms with E-state index in [0.717, 1.165) is 14.9 Å². The fourth-order valence-electron chi connectivity index (χ4n) is 1.24. The summed E-state index contributed by atoms with van der Waals surface area (Å²) >= 11 is 10.9. The Balaban J connectivity index is 2.56. The average Bonchev–Trinajstić information content (AvgIpc) is 2.60. The van der Waals surface area contributed by atoms with E-state index in [0.29, 0.717) is 9.90 Å². The van der Waals surface area contributed by atoms with Crippen LogP contribution in [0.25, 0.3) is 10.4 Å². The molecule has 1 heterocycles. The third kappa shape index (κ3) is 2.07. The Hall–Kier alpha value is -0.820. The molecule has 0 N–H and O–H groups in total. The predicted octanol–water partition coefficient (Wildman–Crippen LogP) is 4.70. The third-order valence-corrected chi connectivity index (χ3v) is 4.22. The van der Waals surface area contributed by atoms with Crippen LogP contribution in [0, 0.1) is 11.3 Å². The second-order valence-corrected chi connectivity index (χ2v) is 5.19. The standard InChI is InChI=1S/C11H5BrClNS/c12-8-5-10(15-11(8)6-14)7-3-1-2-4-9(7)13/h1-5H. The van der Waals surface area contributed by atoms with Gasteiger partial charge in [0.25, 0.3) is 0 Å². The molecule has 0 saturated carbocycles. The molecule has 1 nitrogen and oxygen atoms in total. The summed E-state index contributed by atoms with van der Waals surface area (Å²) in [6, 6.07) is 11.7. The number of hydrogen-bond donors (Lipinski definition) is 0. The van der Waals surface area contributed by atoms with E-state index >= 15 is 0 Å². The first-order valence-corrected chi connectivity index (χ1v) is 6.15. The molecule has 15 heavy (non-hydrogen) atoms. The van der Waals surface area contributed by atoms with Crippen LogP contribution in [0.4, 0.5) is 0 Å². The molecule has 1 aromatic heterocycles. The van der Waals surface area contributed by atoms with Crippen molar-refractivity contribution in [1.29, 1.82) is 5.26 Å². The molecule has 2 rings (SSSR count). The van der Waals surface area contributed by atoms with E-state index in [1.807, 2.05) is 30.3 Å². The molecule has 1 aromatic carbocycles. The second-order valence-electron chi connectivity index (χ2n) is 2.88. The molecule has 0 bridgehead atoms. The minimum atomic E-state index is 0.671. The Morgan fingerprint density at radius 1 is 1.33 bits per heavy atom. The van der Waals surface area contributed by atoms with Gasteiger partial charge in [-0.25, -0.2) is 0 Å². The van der Waals surface area contributed by atoms with Gasteiger partial charge in [-0.05, 0) is 28.1 Å². The second kappa shape index (κ2) is 4.36. The van der Waals surface area contributed by atoms with E-state index in [1.165, 1.54) is 11.3 Å². The first-order valence-electron chi connectivity index (χ1n) is 4.16. The van der Waals surface area contributed by atoms with Crippen molar-refractivity contribution in [3.8, 4) is 16.5 Å². The minimum absolute atomic E-state index is 0.671. The van der Waals surface area contributed by atoms with Gasteiger partial charge in [-0.15, -0.1) is 11.3 Å². The van der Waals surface area contributed by atoms with Crippen molar-refractivity contribution in [2.24, 2.45) is 0 Å². The molecular formula is C11H5BrClNS. The van der Waals surface area contributed by atoms with Crippen LogP contribution in [-0.2, 0) is 0 Å². The van der Waals surface area contributed by atoms with E-state index in [2.05, 4.69) is 22.0 Å². The van der Waals surface area contributed by atoms with Crippen molar-refractivity contribution < 1.29 is 0 Å². The molecule has 0 aliphatic carbocycles. The highest BCUT2D eigenvalue weighted by molar-refractivity contribution is 9.10. The SMILES string of the molecule is N#Cc1sc(-c2ccccc2Cl)cc1Br. The number of nitrogens with zero attached hydrogens (tertiary/aromatic N) is 1. The zero-order chi connectivity index (χ0) is 10.8. The third-order valence-electron chi connectivity index (χ3n) is 1.93. The van der Waals surface area contributed by atoms with Gasteiger partial charge in [0.1, 0.15) is 10.9 Å². The van der Waals surface area contributed by atoms with Crippen LogP contribution in [0.15, 0.2) is 34.8 Å². The summed E-state index contributed by atoms with van der Waals surface area (Å²) in [5.74, 6) is 0. The van der Waals surface area contributed by atoms with Gasteiger partial charge in [0.05, 0.1) is 0 Å². The lowest BCUT2D eigenvalue weighted by atomic mass is 10.2. The fraction of sp³-hybridized carbons (Fsp3) is 0. The molecule has 74 valence electrons. The zero-order valence-electron chi connectivity index (χ0n) is 7.50. The van der Waals surface area contributed by atoms with E-state index in [4.69, 9.17) is 16.9 Å². The van der Waals surface area contributed by atoms with Crippen LogP contribution in [0.2, 0.25) is 5.02 Å². The zero-order valence-corrected chi connectivity index (χ0v) is 10.7. The van der Waals surface area contributed by atoms with Gasteiger partial charge in [-0.3, -0.25) is 0 Å². The number of thiophene rings is 1. The summed E-state index contributed by atoms with van der Waals surface area (Å²) in [4.78, 5) is 1.67. The minimum Gasteiger partial charge on any atom is -0.191 e. The van der Waals surface area contributed by atoms with Gasteiger partial charge < -0.3 is 0 Å². The number of nitriles is 1. The molecule has 0 saturated heterocycles. The summed E-state index contributed by atoms with van der Waals surface area (Å²) in [5, 5.41) is 9.55. The van der Waals surface area contributed by atoms with Crippen LogP contribution < -0.4 is 0 Å². The Bertz CT molecular complexity index is 542. The highest BCUT2D eigenvalue weighted by Gasteiger charge is 2.09. The number of hydrogen-bond acceptors (Lipinski definition) is 2. The monoisotopic (exact) mass is 297 g/mol. The summed E-state index contributed by atoms with van der Waals surface area (Å²) in [5.41, 5.74) is 0.964. The molecule has 4 heteroatoms. The lowest BCUT2D eigenvalue weighted by molar-refractivity contribution is 1.52. The molecule has 0 aliphatic rings. The van der Waals surface area contributed by atoms with Crippen LogP contribution in [0.3, 0.4) is 0 Å². The maximum atomic E-state index is 8.85. The normalized spacial score (nSPS) is 9.93. The maximum absolute atomic E-state index is 8.85. The Kier molecular flexibility index (Phi) is 3.11. The first kappa shape index (κ1) is 10.7. The van der Waals surface area contributed by atoms with E-state index in [1.54, 1.807) is 0 Å². The van der Waals surface area contributed by atoms with E-state index in [-0.39, 0.29) is 0 Å². The lowest BCUT2D eigenvalue weighted by Crippen LogP contribution is -1.72. The highest BCUT2D eigenvalue weighted by Crippen LogP contribution is 2.37. The molecule has 0 unspecified atom stereocenters. The number of rotatable bonds is 1. The summed E-state index contributed by atoms with van der Waals surface area (Å²) in [6.07, 6.45) is 0. The molecule has 0 radical (unpaired) electrons. The largest absolute Gasteiger partial charge is 0.191 e. The Morgan fingerprint density at radius 3 is 2.67 bits per heavy atom. The average molecular weight is 299 g/mol. The number of halogens is 2. The van der Waals surface area contributed by atoms with Gasteiger partial charge in [0.15, 0.2) is 0 Å². The Labute approximate surface area is 105 Å². The summed E-state index contributed by atoms with van der Waals surface area (Å²) in [6.45, 7) is 0. The van der Waals surface area contributed by atoms with E-state index in [9.17, 15) is 0 Å². The summed E-state index contributed by atoms with van der Waals surface area (Å²) in [7, 11) is 0. The van der Waals surface area contributed by atoms with Gasteiger partial charge in [-0.1, -0.05) is 29.8 Å². The molecule has 0 aliphatic heterocycles. The molecule has 0 fully saturated rings. The molecule has 0 atom stereocenters. The quantitative estimate of drug-likeness (QED) is 0.748. The molecular weight excluding hydrogens is 294 g/mol. The smallest absolute Gasteiger partial charge is 0.119 e. The lowest BCUT2D eigenvalue weighted by Gasteiger charge is -1.98.